The van der Waals surface area contributed by atoms with Crippen molar-refractivity contribution in [1.82, 2.24) is 34.7 Å². The van der Waals surface area contributed by atoms with Gasteiger partial charge in [0.1, 0.15) is 5.69 Å². The smallest absolute Gasteiger partial charge is 0.116 e. The van der Waals surface area contributed by atoms with Crippen LogP contribution in [0, 0.1) is 6.92 Å². The minimum atomic E-state index is 0.635. The van der Waals surface area contributed by atoms with Gasteiger partial charge in [0.05, 0.1) is 52.5 Å². The number of pyridine rings is 2. The van der Waals surface area contributed by atoms with Crippen molar-refractivity contribution in [2.45, 2.75) is 6.92 Å². The van der Waals surface area contributed by atoms with Gasteiger partial charge in [-0.15, -0.1) is 0 Å². The minimum absolute atomic E-state index is 0.635. The Morgan fingerprint density at radius 2 is 1.81 bits per heavy atom. The van der Waals surface area contributed by atoms with Crippen LogP contribution in [-0.4, -0.2) is 34.7 Å². The van der Waals surface area contributed by atoms with Gasteiger partial charge in [-0.2, -0.15) is 5.10 Å². The molecule has 0 spiro atoms. The molecule has 4 N–H and O–H groups in total. The van der Waals surface area contributed by atoms with Crippen LogP contribution in [0.5, 0.6) is 0 Å². The number of nitrogens with zero attached hydrogens (tertiary/aromatic N) is 5. The van der Waals surface area contributed by atoms with Crippen LogP contribution in [0.2, 0.25) is 0 Å². The molecular weight excluding hydrogens is 388 g/mol. The summed E-state index contributed by atoms with van der Waals surface area (Å²) in [5, 5.41) is 9.78. The summed E-state index contributed by atoms with van der Waals surface area (Å²) in [6, 6.07) is 10.2. The Bertz CT molecular complexity index is 1570. The van der Waals surface area contributed by atoms with Crippen molar-refractivity contribution < 1.29 is 0 Å². The molecule has 8 heteroatoms. The molecule has 8 nitrogen and oxygen atoms in total. The van der Waals surface area contributed by atoms with Crippen LogP contribution >= 0.6 is 0 Å². The molecule has 0 aliphatic heterocycles. The number of aromatic nitrogens is 7. The first-order chi connectivity index (χ1) is 15.2. The monoisotopic (exact) mass is 406 g/mol. The molecule has 5 heterocycles. The summed E-state index contributed by atoms with van der Waals surface area (Å²) >= 11 is 0. The molecule has 6 rings (SSSR count). The van der Waals surface area contributed by atoms with Gasteiger partial charge in [-0.1, -0.05) is 6.07 Å². The molecule has 0 saturated heterocycles. The minimum Gasteiger partial charge on any atom is -0.397 e. The lowest BCUT2D eigenvalue weighted by molar-refractivity contribution is 1.05. The maximum atomic E-state index is 5.92. The molecule has 1 aromatic carbocycles. The van der Waals surface area contributed by atoms with E-state index < -0.39 is 0 Å². The third-order valence-electron chi connectivity index (χ3n) is 5.43. The average molecular weight is 406 g/mol. The van der Waals surface area contributed by atoms with E-state index in [-0.39, 0.29) is 0 Å². The van der Waals surface area contributed by atoms with E-state index in [1.165, 1.54) is 0 Å². The number of aromatic amines is 2. The fourth-order valence-electron chi connectivity index (χ4n) is 3.94. The number of nitrogen functional groups attached to an aromatic ring is 1. The van der Waals surface area contributed by atoms with Crippen molar-refractivity contribution in [3.8, 4) is 28.2 Å². The lowest BCUT2D eigenvalue weighted by Gasteiger charge is -2.03. The zero-order valence-corrected chi connectivity index (χ0v) is 16.7. The van der Waals surface area contributed by atoms with Crippen LogP contribution < -0.4 is 5.73 Å². The third-order valence-corrected chi connectivity index (χ3v) is 5.43. The first kappa shape index (κ1) is 17.4. The summed E-state index contributed by atoms with van der Waals surface area (Å²) in [4.78, 5) is 16.4. The van der Waals surface area contributed by atoms with Crippen molar-refractivity contribution in [3.63, 3.8) is 0 Å². The highest BCUT2D eigenvalue weighted by molar-refractivity contribution is 5.99. The molecule has 31 heavy (non-hydrogen) atoms. The number of benzene rings is 1. The lowest BCUT2D eigenvalue weighted by atomic mass is 10.0. The molecule has 150 valence electrons. The van der Waals surface area contributed by atoms with E-state index in [1.54, 1.807) is 12.5 Å². The fourth-order valence-corrected chi connectivity index (χ4v) is 3.94. The summed E-state index contributed by atoms with van der Waals surface area (Å²) in [5.41, 5.74) is 14.1. The number of hydrogen-bond donors (Lipinski definition) is 3. The zero-order chi connectivity index (χ0) is 20.9. The highest BCUT2D eigenvalue weighted by Gasteiger charge is 2.15. The molecule has 0 aliphatic rings. The van der Waals surface area contributed by atoms with Crippen molar-refractivity contribution >= 4 is 27.5 Å². The Balaban J connectivity index is 1.51. The largest absolute Gasteiger partial charge is 0.397 e. The van der Waals surface area contributed by atoms with Gasteiger partial charge in [-0.25, -0.2) is 4.98 Å². The quantitative estimate of drug-likeness (QED) is 0.407. The predicted octanol–water partition coefficient (Wildman–Crippen LogP) is 4.24. The van der Waals surface area contributed by atoms with Crippen LogP contribution in [0.4, 0.5) is 5.69 Å². The van der Waals surface area contributed by atoms with Crippen LogP contribution in [-0.2, 0) is 0 Å². The van der Waals surface area contributed by atoms with Gasteiger partial charge in [-0.3, -0.25) is 15.1 Å². The van der Waals surface area contributed by atoms with Crippen LogP contribution in [0.3, 0.4) is 0 Å². The van der Waals surface area contributed by atoms with E-state index >= 15 is 0 Å². The Morgan fingerprint density at radius 3 is 2.65 bits per heavy atom. The summed E-state index contributed by atoms with van der Waals surface area (Å²) in [6.07, 6.45) is 10.9. The molecule has 0 saturated carbocycles. The second-order valence-corrected chi connectivity index (χ2v) is 7.56. The SMILES string of the molecule is Cc1cn(-c2cncc3[nH]c(-c4n[nH]c5ccc(-c6cncc(N)c6)cc45)cc23)cn1. The number of H-pyrrole nitrogens is 2. The van der Waals surface area contributed by atoms with Crippen LogP contribution in [0.15, 0.2) is 67.6 Å². The number of hydrogen-bond acceptors (Lipinski definition) is 5. The van der Waals surface area contributed by atoms with E-state index in [9.17, 15) is 0 Å². The molecule has 0 amide bonds. The Kier molecular flexibility index (Phi) is 3.66. The lowest BCUT2D eigenvalue weighted by Crippen LogP contribution is -1.91. The highest BCUT2D eigenvalue weighted by Crippen LogP contribution is 2.33. The van der Waals surface area contributed by atoms with Crippen LogP contribution in [0.1, 0.15) is 5.69 Å². The molecule has 0 bridgehead atoms. The van der Waals surface area contributed by atoms with E-state index in [2.05, 4.69) is 42.3 Å². The molecule has 0 atom stereocenters. The summed E-state index contributed by atoms with van der Waals surface area (Å²) < 4.78 is 1.98. The maximum absolute atomic E-state index is 5.92. The molecule has 0 radical (unpaired) electrons. The number of imidazole rings is 1. The van der Waals surface area contributed by atoms with Gasteiger partial charge < -0.3 is 15.3 Å². The standard InChI is InChI=1S/C23H18N8/c1-13-11-31(12-27-13)22-10-26-9-21-17(22)6-20(28-21)23-18-5-14(2-3-19(18)29-30-23)15-4-16(24)8-25-7-15/h2-12,28H,24H2,1H3,(H,29,30). The normalized spacial score (nSPS) is 11.5. The first-order valence-electron chi connectivity index (χ1n) is 9.83. The molecular formula is C23H18N8. The molecule has 0 unspecified atom stereocenters. The summed E-state index contributed by atoms with van der Waals surface area (Å²) in [7, 11) is 0. The van der Waals surface area contributed by atoms with Gasteiger partial charge in [0, 0.05) is 34.9 Å². The second-order valence-electron chi connectivity index (χ2n) is 7.56. The second kappa shape index (κ2) is 6.53. The van der Waals surface area contributed by atoms with Gasteiger partial charge >= 0.3 is 0 Å². The van der Waals surface area contributed by atoms with E-state index in [0.717, 1.165) is 55.7 Å². The molecule has 0 fully saturated rings. The predicted molar refractivity (Wildman–Crippen MR) is 121 cm³/mol. The van der Waals surface area contributed by atoms with Gasteiger partial charge in [-0.05, 0) is 36.8 Å². The van der Waals surface area contributed by atoms with Crippen molar-refractivity contribution in [1.29, 1.82) is 0 Å². The van der Waals surface area contributed by atoms with Gasteiger partial charge in [0.15, 0.2) is 0 Å². The number of aryl methyl sites for hydroxylation is 1. The Labute approximate surface area is 176 Å². The number of fused-ring (bicyclic) bond motifs is 2. The molecule has 5 aromatic heterocycles. The maximum Gasteiger partial charge on any atom is 0.116 e. The number of anilines is 1. The summed E-state index contributed by atoms with van der Waals surface area (Å²) in [6.45, 7) is 1.97. The molecule has 0 aliphatic carbocycles. The van der Waals surface area contributed by atoms with E-state index in [4.69, 9.17) is 5.73 Å². The van der Waals surface area contributed by atoms with Crippen LogP contribution in [0.25, 0.3) is 50.0 Å². The zero-order valence-electron chi connectivity index (χ0n) is 16.7. The highest BCUT2D eigenvalue weighted by atomic mass is 15.1. The van der Waals surface area contributed by atoms with E-state index in [1.807, 2.05) is 54.5 Å². The topological polar surface area (TPSA) is 114 Å². The average Bonchev–Trinajstić information content (AvgIpc) is 3.50. The fraction of sp³-hybridized carbons (Fsp3) is 0.0435. The van der Waals surface area contributed by atoms with Gasteiger partial charge in [0.2, 0.25) is 0 Å². The number of nitrogens with two attached hydrogens (primary N) is 1. The number of rotatable bonds is 3. The Morgan fingerprint density at radius 1 is 0.903 bits per heavy atom. The third kappa shape index (κ3) is 2.84. The number of nitrogens with one attached hydrogen (secondary N) is 2. The first-order valence-corrected chi connectivity index (χ1v) is 9.83. The Hall–Kier alpha value is -4.46. The van der Waals surface area contributed by atoms with Crippen molar-refractivity contribution in [2.75, 3.05) is 5.73 Å². The molecule has 6 aromatic rings. The van der Waals surface area contributed by atoms with Crippen molar-refractivity contribution in [2.24, 2.45) is 0 Å². The van der Waals surface area contributed by atoms with Gasteiger partial charge in [0.25, 0.3) is 0 Å². The van der Waals surface area contributed by atoms with E-state index in [0.29, 0.717) is 5.69 Å². The summed E-state index contributed by atoms with van der Waals surface area (Å²) in [5.74, 6) is 0. The van der Waals surface area contributed by atoms with Crippen molar-refractivity contribution in [3.05, 3.63) is 73.3 Å².